The van der Waals surface area contributed by atoms with Crippen molar-refractivity contribution in [3.63, 3.8) is 0 Å². The molecule has 1 aromatic rings. The third-order valence-corrected chi connectivity index (χ3v) is 4.73. The Morgan fingerprint density at radius 2 is 2.15 bits per heavy atom. The number of benzene rings is 1. The van der Waals surface area contributed by atoms with E-state index in [1.807, 2.05) is 0 Å². The number of nitrogens with one attached hydrogen (secondary N) is 1. The molecule has 0 radical (unpaired) electrons. The van der Waals surface area contributed by atoms with Crippen LogP contribution in [0.5, 0.6) is 5.75 Å². The first-order valence-corrected chi connectivity index (χ1v) is 8.17. The van der Waals surface area contributed by atoms with Gasteiger partial charge in [-0.1, -0.05) is 6.07 Å². The molecule has 6 nitrogen and oxygen atoms in total. The molecule has 1 aliphatic carbocycles. The van der Waals surface area contributed by atoms with E-state index in [0.29, 0.717) is 18.0 Å². The van der Waals surface area contributed by atoms with E-state index in [1.54, 1.807) is 24.3 Å². The lowest BCUT2D eigenvalue weighted by Gasteiger charge is -2.13. The third kappa shape index (κ3) is 4.36. The van der Waals surface area contributed by atoms with Crippen LogP contribution in [0, 0.1) is 5.41 Å². The molecule has 0 amide bonds. The molecule has 0 saturated heterocycles. The van der Waals surface area contributed by atoms with Gasteiger partial charge >= 0.3 is 0 Å². The Morgan fingerprint density at radius 3 is 2.75 bits per heavy atom. The molecule has 1 aromatic carbocycles. The van der Waals surface area contributed by atoms with Crippen LogP contribution in [0.25, 0.3) is 0 Å². The number of aliphatic hydroxyl groups excluding tert-OH is 1. The van der Waals surface area contributed by atoms with Crippen molar-refractivity contribution in [2.75, 3.05) is 31.2 Å². The number of anilines is 1. The van der Waals surface area contributed by atoms with Crippen LogP contribution in [0.2, 0.25) is 0 Å². The van der Waals surface area contributed by atoms with E-state index in [0.717, 1.165) is 12.8 Å². The van der Waals surface area contributed by atoms with Gasteiger partial charge in [-0.25, -0.2) is 13.1 Å². The fourth-order valence-electron chi connectivity index (χ4n) is 1.78. The van der Waals surface area contributed by atoms with Gasteiger partial charge in [-0.2, -0.15) is 0 Å². The van der Waals surface area contributed by atoms with Gasteiger partial charge in [0.05, 0.1) is 5.75 Å². The zero-order valence-electron chi connectivity index (χ0n) is 11.2. The Balaban J connectivity index is 1.75. The number of nitrogen functional groups attached to an aromatic ring is 1. The van der Waals surface area contributed by atoms with Crippen LogP contribution in [0.4, 0.5) is 5.69 Å². The number of hydrogen-bond donors (Lipinski definition) is 3. The van der Waals surface area contributed by atoms with Crippen molar-refractivity contribution in [2.45, 2.75) is 12.8 Å². The molecule has 20 heavy (non-hydrogen) atoms. The highest BCUT2D eigenvalue weighted by atomic mass is 32.2. The minimum absolute atomic E-state index is 0.0231. The van der Waals surface area contributed by atoms with Gasteiger partial charge in [0.1, 0.15) is 12.4 Å². The van der Waals surface area contributed by atoms with E-state index in [1.165, 1.54) is 0 Å². The van der Waals surface area contributed by atoms with E-state index in [2.05, 4.69) is 4.72 Å². The molecular weight excluding hydrogens is 280 g/mol. The van der Waals surface area contributed by atoms with E-state index < -0.39 is 10.0 Å². The third-order valence-electron chi connectivity index (χ3n) is 3.44. The normalized spacial score (nSPS) is 16.9. The molecule has 1 saturated carbocycles. The van der Waals surface area contributed by atoms with Gasteiger partial charge < -0.3 is 15.6 Å². The molecule has 0 aromatic heterocycles. The molecule has 0 atom stereocenters. The standard InChI is InChI=1S/C13H20N2O4S/c14-11-2-1-3-12(8-11)19-6-7-20(17,18)15-9-13(10-16)4-5-13/h1-3,8,15-16H,4-7,9-10,14H2. The number of hydrogen-bond acceptors (Lipinski definition) is 5. The Bertz CT molecular complexity index is 555. The first-order valence-electron chi connectivity index (χ1n) is 6.51. The Kier molecular flexibility index (Phi) is 4.52. The summed E-state index contributed by atoms with van der Waals surface area (Å²) in [6.45, 7) is 0.379. The maximum Gasteiger partial charge on any atom is 0.214 e. The Morgan fingerprint density at radius 1 is 1.40 bits per heavy atom. The van der Waals surface area contributed by atoms with E-state index in [9.17, 15) is 8.42 Å². The molecule has 112 valence electrons. The monoisotopic (exact) mass is 300 g/mol. The topological polar surface area (TPSA) is 102 Å². The van der Waals surface area contributed by atoms with Gasteiger partial charge in [-0.15, -0.1) is 0 Å². The number of ether oxygens (including phenoxy) is 1. The van der Waals surface area contributed by atoms with Crippen LogP contribution < -0.4 is 15.2 Å². The Labute approximate surface area is 119 Å². The van der Waals surface area contributed by atoms with Crippen LogP contribution in [0.3, 0.4) is 0 Å². The molecule has 1 aliphatic rings. The molecule has 0 bridgehead atoms. The van der Waals surface area contributed by atoms with Gasteiger partial charge in [0, 0.05) is 30.3 Å². The second kappa shape index (κ2) is 5.99. The van der Waals surface area contributed by atoms with Crippen molar-refractivity contribution in [1.82, 2.24) is 4.72 Å². The average Bonchev–Trinajstić information content (AvgIpc) is 3.17. The highest BCUT2D eigenvalue weighted by molar-refractivity contribution is 7.89. The number of nitrogens with two attached hydrogens (primary N) is 1. The van der Waals surface area contributed by atoms with Gasteiger partial charge in [0.25, 0.3) is 0 Å². The summed E-state index contributed by atoms with van der Waals surface area (Å²) in [5, 5.41) is 9.13. The van der Waals surface area contributed by atoms with Crippen LogP contribution in [-0.4, -0.2) is 39.0 Å². The van der Waals surface area contributed by atoms with E-state index in [-0.39, 0.29) is 24.4 Å². The lowest BCUT2D eigenvalue weighted by molar-refractivity contribution is 0.213. The molecule has 0 unspecified atom stereocenters. The maximum absolute atomic E-state index is 11.8. The zero-order chi connectivity index (χ0) is 14.6. The zero-order valence-corrected chi connectivity index (χ0v) is 12.0. The number of sulfonamides is 1. The summed E-state index contributed by atoms with van der Waals surface area (Å²) in [5.74, 6) is 0.428. The van der Waals surface area contributed by atoms with E-state index in [4.69, 9.17) is 15.6 Å². The smallest absolute Gasteiger partial charge is 0.214 e. The minimum atomic E-state index is -3.38. The largest absolute Gasteiger partial charge is 0.492 e. The molecule has 4 N–H and O–H groups in total. The second-order valence-electron chi connectivity index (χ2n) is 5.22. The lowest BCUT2D eigenvalue weighted by Crippen LogP contribution is -2.34. The van der Waals surface area contributed by atoms with Crippen LogP contribution >= 0.6 is 0 Å². The van der Waals surface area contributed by atoms with Gasteiger partial charge in [0.2, 0.25) is 10.0 Å². The predicted molar refractivity (Wildman–Crippen MR) is 76.9 cm³/mol. The highest BCUT2D eigenvalue weighted by Crippen LogP contribution is 2.44. The molecular formula is C13H20N2O4S. The van der Waals surface area contributed by atoms with E-state index >= 15 is 0 Å². The summed E-state index contributed by atoms with van der Waals surface area (Å²) in [4.78, 5) is 0. The van der Waals surface area contributed by atoms with Crippen molar-refractivity contribution in [1.29, 1.82) is 0 Å². The predicted octanol–water partition coefficient (Wildman–Crippen LogP) is 0.339. The quantitative estimate of drug-likeness (QED) is 0.601. The fraction of sp³-hybridized carbons (Fsp3) is 0.538. The number of rotatable bonds is 8. The Hall–Kier alpha value is -1.31. The second-order valence-corrected chi connectivity index (χ2v) is 7.15. The van der Waals surface area contributed by atoms with Crippen molar-refractivity contribution in [3.05, 3.63) is 24.3 Å². The first kappa shape index (κ1) is 15.1. The fourth-order valence-corrected chi connectivity index (χ4v) is 2.75. The average molecular weight is 300 g/mol. The first-order chi connectivity index (χ1) is 9.45. The summed E-state index contributed by atoms with van der Waals surface area (Å²) in [5.41, 5.74) is 5.94. The van der Waals surface area contributed by atoms with Gasteiger partial charge in [0.15, 0.2) is 0 Å². The van der Waals surface area contributed by atoms with Crippen LogP contribution in [0.15, 0.2) is 24.3 Å². The van der Waals surface area contributed by atoms with Gasteiger partial charge in [-0.3, -0.25) is 0 Å². The van der Waals surface area contributed by atoms with Crippen LogP contribution in [0.1, 0.15) is 12.8 Å². The summed E-state index contributed by atoms with van der Waals surface area (Å²) in [6, 6.07) is 6.84. The molecule has 0 aliphatic heterocycles. The highest BCUT2D eigenvalue weighted by Gasteiger charge is 2.42. The van der Waals surface area contributed by atoms with Crippen molar-refractivity contribution < 1.29 is 18.3 Å². The molecule has 2 rings (SSSR count). The SMILES string of the molecule is Nc1cccc(OCCS(=O)(=O)NCC2(CO)CC2)c1. The van der Waals surface area contributed by atoms with Crippen molar-refractivity contribution in [2.24, 2.45) is 5.41 Å². The molecule has 1 fully saturated rings. The van der Waals surface area contributed by atoms with Gasteiger partial charge in [-0.05, 0) is 25.0 Å². The molecule has 0 heterocycles. The van der Waals surface area contributed by atoms with Crippen molar-refractivity contribution >= 4 is 15.7 Å². The minimum Gasteiger partial charge on any atom is -0.492 e. The number of aliphatic hydroxyl groups is 1. The maximum atomic E-state index is 11.8. The summed E-state index contributed by atoms with van der Waals surface area (Å²) >= 11 is 0. The summed E-state index contributed by atoms with van der Waals surface area (Å²) in [6.07, 6.45) is 1.73. The van der Waals surface area contributed by atoms with Crippen molar-refractivity contribution in [3.8, 4) is 5.75 Å². The lowest BCUT2D eigenvalue weighted by atomic mass is 10.1. The molecule has 0 spiro atoms. The summed E-state index contributed by atoms with van der Waals surface area (Å²) in [7, 11) is -3.38. The van der Waals surface area contributed by atoms with Crippen LogP contribution in [-0.2, 0) is 10.0 Å². The summed E-state index contributed by atoms with van der Waals surface area (Å²) < 4.78 is 31.4. The molecule has 7 heteroatoms.